The van der Waals surface area contributed by atoms with Gasteiger partial charge in [0, 0.05) is 35.8 Å². The summed E-state index contributed by atoms with van der Waals surface area (Å²) < 4.78 is 2.15. The first-order valence-electron chi connectivity index (χ1n) is 11.3. The normalized spacial score (nSPS) is 18.3. The van der Waals surface area contributed by atoms with Crippen molar-refractivity contribution in [3.63, 3.8) is 0 Å². The van der Waals surface area contributed by atoms with Crippen LogP contribution in [0.15, 0.2) is 60.2 Å². The fourth-order valence-electron chi connectivity index (χ4n) is 5.01. The third kappa shape index (κ3) is 3.57. The molecular formula is C26H26N6S. The SMILES string of the molecule is CN(C)CC1CC(c2nc(-c3ccc4ccc(-c5cccs5)nc4c3)c3c(N)nccn23)C1. The minimum atomic E-state index is 0.446. The number of thiophene rings is 1. The van der Waals surface area contributed by atoms with Gasteiger partial charge >= 0.3 is 0 Å². The Morgan fingerprint density at radius 2 is 1.97 bits per heavy atom. The van der Waals surface area contributed by atoms with Crippen molar-refractivity contribution in [2.45, 2.75) is 18.8 Å². The molecule has 5 aromatic rings. The van der Waals surface area contributed by atoms with Gasteiger partial charge in [-0.3, -0.25) is 4.40 Å². The summed E-state index contributed by atoms with van der Waals surface area (Å²) in [4.78, 5) is 17.9. The van der Waals surface area contributed by atoms with Crippen LogP contribution in [0.25, 0.3) is 38.2 Å². The minimum absolute atomic E-state index is 0.446. The molecule has 1 aliphatic carbocycles. The van der Waals surface area contributed by atoms with Gasteiger partial charge in [0.2, 0.25) is 0 Å². The molecular weight excluding hydrogens is 428 g/mol. The van der Waals surface area contributed by atoms with E-state index in [1.165, 1.54) is 4.88 Å². The Labute approximate surface area is 196 Å². The fourth-order valence-corrected chi connectivity index (χ4v) is 5.71. The molecule has 1 saturated carbocycles. The molecule has 4 aromatic heterocycles. The lowest BCUT2D eigenvalue weighted by Gasteiger charge is -2.36. The molecule has 7 heteroatoms. The van der Waals surface area contributed by atoms with E-state index >= 15 is 0 Å². The van der Waals surface area contributed by atoms with Crippen LogP contribution < -0.4 is 5.73 Å². The van der Waals surface area contributed by atoms with Gasteiger partial charge in [0.25, 0.3) is 0 Å². The Morgan fingerprint density at radius 1 is 1.12 bits per heavy atom. The Balaban J connectivity index is 1.43. The van der Waals surface area contributed by atoms with Crippen LogP contribution in [0.4, 0.5) is 5.82 Å². The smallest absolute Gasteiger partial charge is 0.150 e. The number of pyridine rings is 1. The van der Waals surface area contributed by atoms with Crippen molar-refractivity contribution in [3.8, 4) is 21.8 Å². The van der Waals surface area contributed by atoms with Crippen LogP contribution >= 0.6 is 11.3 Å². The van der Waals surface area contributed by atoms with Crippen molar-refractivity contribution in [3.05, 3.63) is 66.1 Å². The van der Waals surface area contributed by atoms with Crippen molar-refractivity contribution in [2.24, 2.45) is 5.92 Å². The summed E-state index contributed by atoms with van der Waals surface area (Å²) in [5, 5.41) is 3.19. The van der Waals surface area contributed by atoms with Gasteiger partial charge in [-0.2, -0.15) is 0 Å². The number of fused-ring (bicyclic) bond motifs is 2. The lowest BCUT2D eigenvalue weighted by Crippen LogP contribution is -2.32. The van der Waals surface area contributed by atoms with E-state index in [1.54, 1.807) is 17.5 Å². The lowest BCUT2D eigenvalue weighted by molar-refractivity contribution is 0.194. The summed E-state index contributed by atoms with van der Waals surface area (Å²) in [5.41, 5.74) is 11.1. The van der Waals surface area contributed by atoms with E-state index < -0.39 is 0 Å². The Kier molecular flexibility index (Phi) is 4.89. The average molecular weight is 455 g/mol. The quantitative estimate of drug-likeness (QED) is 0.390. The van der Waals surface area contributed by atoms with Crippen molar-refractivity contribution >= 4 is 33.6 Å². The molecule has 4 heterocycles. The molecule has 1 aliphatic rings. The molecule has 0 saturated heterocycles. The highest BCUT2D eigenvalue weighted by Crippen LogP contribution is 2.43. The minimum Gasteiger partial charge on any atom is -0.382 e. The predicted molar refractivity (Wildman–Crippen MR) is 135 cm³/mol. The first kappa shape index (κ1) is 20.3. The van der Waals surface area contributed by atoms with E-state index in [-0.39, 0.29) is 0 Å². The van der Waals surface area contributed by atoms with E-state index in [4.69, 9.17) is 15.7 Å². The van der Waals surface area contributed by atoms with Crippen LogP contribution in [-0.4, -0.2) is 44.9 Å². The van der Waals surface area contributed by atoms with Crippen molar-refractivity contribution in [1.82, 2.24) is 24.3 Å². The summed E-state index contributed by atoms with van der Waals surface area (Å²) in [6.07, 6.45) is 6.07. The van der Waals surface area contributed by atoms with Crippen molar-refractivity contribution in [2.75, 3.05) is 26.4 Å². The van der Waals surface area contributed by atoms with Gasteiger partial charge in [-0.05, 0) is 56.4 Å². The molecule has 0 spiro atoms. The number of rotatable bonds is 5. The molecule has 0 amide bonds. The van der Waals surface area contributed by atoms with E-state index in [2.05, 4.69) is 76.2 Å². The summed E-state index contributed by atoms with van der Waals surface area (Å²) in [6, 6.07) is 14.7. The molecule has 0 aliphatic heterocycles. The second-order valence-electron chi connectivity index (χ2n) is 9.23. The average Bonchev–Trinajstić information content (AvgIpc) is 3.44. The van der Waals surface area contributed by atoms with Crippen LogP contribution in [0.1, 0.15) is 24.6 Å². The number of hydrogen-bond acceptors (Lipinski definition) is 6. The zero-order valence-corrected chi connectivity index (χ0v) is 19.6. The molecule has 0 unspecified atom stereocenters. The second-order valence-corrected chi connectivity index (χ2v) is 10.2. The van der Waals surface area contributed by atoms with Crippen molar-refractivity contribution in [1.29, 1.82) is 0 Å². The number of nitrogens with two attached hydrogens (primary N) is 1. The fraction of sp³-hybridized carbons (Fsp3) is 0.269. The van der Waals surface area contributed by atoms with Gasteiger partial charge < -0.3 is 10.6 Å². The molecule has 0 bridgehead atoms. The van der Waals surface area contributed by atoms with Gasteiger partial charge in [-0.15, -0.1) is 11.3 Å². The maximum Gasteiger partial charge on any atom is 0.150 e. The predicted octanol–water partition coefficient (Wildman–Crippen LogP) is 5.31. The molecule has 2 N–H and O–H groups in total. The zero-order chi connectivity index (χ0) is 22.5. The summed E-state index contributed by atoms with van der Waals surface area (Å²) in [7, 11) is 4.28. The number of anilines is 1. The van der Waals surface area contributed by atoms with Gasteiger partial charge in [-0.25, -0.2) is 15.0 Å². The van der Waals surface area contributed by atoms with Crippen LogP contribution in [0.3, 0.4) is 0 Å². The molecule has 1 aromatic carbocycles. The number of imidazole rings is 1. The molecule has 166 valence electrons. The molecule has 6 nitrogen and oxygen atoms in total. The second kappa shape index (κ2) is 7.93. The Hall–Kier alpha value is -3.29. The number of nitrogen functional groups attached to an aromatic ring is 1. The first-order valence-corrected chi connectivity index (χ1v) is 12.2. The summed E-state index contributed by atoms with van der Waals surface area (Å²) in [6.45, 7) is 1.12. The number of nitrogens with zero attached hydrogens (tertiary/aromatic N) is 5. The monoisotopic (exact) mass is 454 g/mol. The lowest BCUT2D eigenvalue weighted by atomic mass is 9.74. The molecule has 1 fully saturated rings. The highest BCUT2D eigenvalue weighted by molar-refractivity contribution is 7.13. The molecule has 0 atom stereocenters. The van der Waals surface area contributed by atoms with Gasteiger partial charge in [0.15, 0.2) is 0 Å². The molecule has 6 rings (SSSR count). The maximum atomic E-state index is 6.37. The Bertz CT molecular complexity index is 1450. The largest absolute Gasteiger partial charge is 0.382 e. The molecule has 0 radical (unpaired) electrons. The van der Waals surface area contributed by atoms with Gasteiger partial charge in [0.05, 0.1) is 16.1 Å². The van der Waals surface area contributed by atoms with E-state index in [1.807, 2.05) is 6.20 Å². The number of benzene rings is 1. The first-order chi connectivity index (χ1) is 16.1. The maximum absolute atomic E-state index is 6.37. The summed E-state index contributed by atoms with van der Waals surface area (Å²) in [5.74, 6) is 2.77. The van der Waals surface area contributed by atoms with Crippen molar-refractivity contribution < 1.29 is 0 Å². The van der Waals surface area contributed by atoms with Crippen LogP contribution in [0.5, 0.6) is 0 Å². The standard InChI is InChI=1S/C26H26N6S/c1-31(2)15-16-12-19(13-16)26-30-23(24-25(27)28-9-10-32(24)26)18-6-5-17-7-8-20(29-21(17)14-18)22-4-3-11-33-22/h3-11,14,16,19H,12-13,15H2,1-2H3,(H2,27,28). The highest BCUT2D eigenvalue weighted by atomic mass is 32.1. The van der Waals surface area contributed by atoms with E-state index in [9.17, 15) is 0 Å². The topological polar surface area (TPSA) is 72.3 Å². The van der Waals surface area contributed by atoms with Crippen LogP contribution in [0.2, 0.25) is 0 Å². The van der Waals surface area contributed by atoms with E-state index in [0.717, 1.165) is 64.5 Å². The van der Waals surface area contributed by atoms with E-state index in [0.29, 0.717) is 11.7 Å². The van der Waals surface area contributed by atoms with Gasteiger partial charge in [-0.1, -0.05) is 24.3 Å². The third-order valence-corrected chi connectivity index (χ3v) is 7.47. The number of hydrogen-bond donors (Lipinski definition) is 1. The third-order valence-electron chi connectivity index (χ3n) is 6.57. The highest BCUT2D eigenvalue weighted by Gasteiger charge is 2.34. The van der Waals surface area contributed by atoms with Crippen LogP contribution in [-0.2, 0) is 0 Å². The zero-order valence-electron chi connectivity index (χ0n) is 18.8. The Morgan fingerprint density at radius 3 is 2.76 bits per heavy atom. The molecule has 33 heavy (non-hydrogen) atoms. The number of aromatic nitrogens is 4. The van der Waals surface area contributed by atoms with Gasteiger partial charge in [0.1, 0.15) is 22.9 Å². The summed E-state index contributed by atoms with van der Waals surface area (Å²) >= 11 is 1.70. The van der Waals surface area contributed by atoms with Crippen LogP contribution in [0, 0.1) is 5.92 Å².